The summed E-state index contributed by atoms with van der Waals surface area (Å²) in [5, 5.41) is 0.405. The van der Waals surface area contributed by atoms with E-state index in [0.29, 0.717) is 5.02 Å². The van der Waals surface area contributed by atoms with Gasteiger partial charge >= 0.3 is 5.97 Å². The Labute approximate surface area is 156 Å². The molecule has 0 saturated carbocycles. The smallest absolute Gasteiger partial charge is 0.318 e. The van der Waals surface area contributed by atoms with Crippen LogP contribution in [0.25, 0.3) is 0 Å². The normalized spacial score (nSPS) is 16.9. The first-order chi connectivity index (χ1) is 12.4. The minimum absolute atomic E-state index is 0.0219. The van der Waals surface area contributed by atoms with Crippen molar-refractivity contribution in [3.05, 3.63) is 59.1 Å². The van der Waals surface area contributed by atoms with Crippen LogP contribution in [0.5, 0.6) is 0 Å². The molecule has 1 unspecified atom stereocenters. The summed E-state index contributed by atoms with van der Waals surface area (Å²) in [5.74, 6) is -2.38. The number of esters is 1. The van der Waals surface area contributed by atoms with Crippen molar-refractivity contribution in [3.63, 3.8) is 0 Å². The molecule has 0 aliphatic carbocycles. The van der Waals surface area contributed by atoms with E-state index in [0.717, 1.165) is 4.31 Å². The van der Waals surface area contributed by atoms with Gasteiger partial charge < -0.3 is 4.74 Å². The molecule has 1 atom stereocenters. The van der Waals surface area contributed by atoms with Crippen LogP contribution >= 0.6 is 11.6 Å². The Morgan fingerprint density at radius 1 is 1.19 bits per heavy atom. The van der Waals surface area contributed by atoms with Gasteiger partial charge in [0.2, 0.25) is 0 Å². The SMILES string of the molecule is CCOC(=O)C1CN(S(=O)(=O)c2ccc(Cl)cc2)c2ccccc2C1=O. The number of hydrogen-bond acceptors (Lipinski definition) is 5. The number of rotatable bonds is 4. The molecule has 8 heteroatoms. The number of ether oxygens (including phenoxy) is 1. The third-order valence-electron chi connectivity index (χ3n) is 4.08. The average Bonchev–Trinajstić information content (AvgIpc) is 2.62. The molecule has 2 aromatic carbocycles. The molecule has 0 saturated heterocycles. The Morgan fingerprint density at radius 3 is 2.50 bits per heavy atom. The van der Waals surface area contributed by atoms with Crippen molar-refractivity contribution in [2.45, 2.75) is 11.8 Å². The molecule has 1 aliphatic rings. The van der Waals surface area contributed by atoms with Gasteiger partial charge in [-0.1, -0.05) is 23.7 Å². The first-order valence-electron chi connectivity index (χ1n) is 7.94. The summed E-state index contributed by atoms with van der Waals surface area (Å²) >= 11 is 5.83. The molecule has 0 amide bonds. The fourth-order valence-corrected chi connectivity index (χ4v) is 4.44. The second-order valence-corrected chi connectivity index (χ2v) is 7.97. The minimum Gasteiger partial charge on any atom is -0.465 e. The van der Waals surface area contributed by atoms with E-state index in [1.807, 2.05) is 0 Å². The van der Waals surface area contributed by atoms with Gasteiger partial charge in [-0.15, -0.1) is 0 Å². The van der Waals surface area contributed by atoms with Crippen LogP contribution in [0.1, 0.15) is 17.3 Å². The fraction of sp³-hybridized carbons (Fsp3) is 0.222. The number of hydrogen-bond donors (Lipinski definition) is 0. The Bertz CT molecular complexity index is 956. The van der Waals surface area contributed by atoms with Crippen molar-refractivity contribution in [1.29, 1.82) is 0 Å². The lowest BCUT2D eigenvalue weighted by molar-refractivity contribution is -0.145. The highest BCUT2D eigenvalue weighted by Crippen LogP contribution is 2.34. The molecule has 0 radical (unpaired) electrons. The minimum atomic E-state index is -3.98. The Balaban J connectivity index is 2.10. The van der Waals surface area contributed by atoms with Crippen molar-refractivity contribution in [1.82, 2.24) is 0 Å². The van der Waals surface area contributed by atoms with Crippen LogP contribution in [0, 0.1) is 5.92 Å². The van der Waals surface area contributed by atoms with Gasteiger partial charge in [0.15, 0.2) is 5.78 Å². The van der Waals surface area contributed by atoms with E-state index in [1.54, 1.807) is 25.1 Å². The molecule has 136 valence electrons. The van der Waals surface area contributed by atoms with E-state index in [4.69, 9.17) is 16.3 Å². The third kappa shape index (κ3) is 3.20. The van der Waals surface area contributed by atoms with E-state index in [2.05, 4.69) is 0 Å². The molecule has 0 N–H and O–H groups in total. The lowest BCUT2D eigenvalue weighted by Gasteiger charge is -2.33. The number of sulfonamides is 1. The third-order valence-corrected chi connectivity index (χ3v) is 6.12. The fourth-order valence-electron chi connectivity index (χ4n) is 2.82. The van der Waals surface area contributed by atoms with Crippen LogP contribution in [-0.4, -0.2) is 33.3 Å². The molecule has 0 spiro atoms. The van der Waals surface area contributed by atoms with Gasteiger partial charge in [0.1, 0.15) is 5.92 Å². The lowest BCUT2D eigenvalue weighted by Crippen LogP contribution is -2.46. The van der Waals surface area contributed by atoms with Crippen molar-refractivity contribution in [2.75, 3.05) is 17.5 Å². The molecule has 0 aromatic heterocycles. The number of fused-ring (bicyclic) bond motifs is 1. The van der Waals surface area contributed by atoms with Crippen LogP contribution in [0.4, 0.5) is 5.69 Å². The van der Waals surface area contributed by atoms with Crippen LogP contribution in [0.2, 0.25) is 5.02 Å². The Hall–Kier alpha value is -2.38. The van der Waals surface area contributed by atoms with Gasteiger partial charge in [0.05, 0.1) is 23.7 Å². The van der Waals surface area contributed by atoms with E-state index < -0.39 is 27.7 Å². The molecule has 2 aromatic rings. The number of anilines is 1. The first-order valence-corrected chi connectivity index (χ1v) is 9.76. The van der Waals surface area contributed by atoms with E-state index in [-0.39, 0.29) is 29.3 Å². The number of halogens is 1. The monoisotopic (exact) mass is 393 g/mol. The highest BCUT2D eigenvalue weighted by Gasteiger charge is 2.42. The average molecular weight is 394 g/mol. The van der Waals surface area contributed by atoms with Crippen LogP contribution < -0.4 is 4.31 Å². The zero-order valence-corrected chi connectivity index (χ0v) is 15.5. The molecule has 0 bridgehead atoms. The summed E-state index contributed by atoms with van der Waals surface area (Å²) < 4.78 is 32.3. The quantitative estimate of drug-likeness (QED) is 0.589. The highest BCUT2D eigenvalue weighted by atomic mass is 35.5. The van der Waals surface area contributed by atoms with Crippen LogP contribution in [0.15, 0.2) is 53.4 Å². The molecule has 1 aliphatic heterocycles. The summed E-state index contributed by atoms with van der Waals surface area (Å²) in [6.45, 7) is 1.43. The summed E-state index contributed by atoms with van der Waals surface area (Å²) in [5.41, 5.74) is 0.419. The predicted molar refractivity (Wildman–Crippen MR) is 96.9 cm³/mol. The number of carbonyl (C=O) groups is 2. The van der Waals surface area contributed by atoms with Gasteiger partial charge in [0.25, 0.3) is 10.0 Å². The van der Waals surface area contributed by atoms with Gasteiger partial charge in [-0.05, 0) is 43.3 Å². The molecule has 26 heavy (non-hydrogen) atoms. The van der Waals surface area contributed by atoms with Crippen molar-refractivity contribution in [2.24, 2.45) is 5.92 Å². The van der Waals surface area contributed by atoms with E-state index in [9.17, 15) is 18.0 Å². The Morgan fingerprint density at radius 2 is 1.85 bits per heavy atom. The maximum atomic E-state index is 13.1. The summed E-state index contributed by atoms with van der Waals surface area (Å²) in [7, 11) is -3.98. The standard InChI is InChI=1S/C18H16ClNO5S/c1-2-25-18(22)15-11-20(16-6-4-3-5-14(16)17(15)21)26(23,24)13-9-7-12(19)8-10-13/h3-10,15H,2,11H2,1H3. The van der Waals surface area contributed by atoms with Crippen molar-refractivity contribution >= 4 is 39.1 Å². The van der Waals surface area contributed by atoms with Gasteiger partial charge in [-0.2, -0.15) is 0 Å². The Kier molecular flexibility index (Phi) is 5.02. The van der Waals surface area contributed by atoms with Gasteiger partial charge in [-0.3, -0.25) is 13.9 Å². The van der Waals surface area contributed by atoms with Crippen LogP contribution in [-0.2, 0) is 19.6 Å². The molecular formula is C18H16ClNO5S. The zero-order chi connectivity index (χ0) is 18.9. The van der Waals surface area contributed by atoms with Crippen molar-refractivity contribution < 1.29 is 22.7 Å². The molecule has 6 nitrogen and oxygen atoms in total. The number of benzene rings is 2. The lowest BCUT2D eigenvalue weighted by atomic mass is 9.92. The largest absolute Gasteiger partial charge is 0.465 e. The zero-order valence-electron chi connectivity index (χ0n) is 13.9. The molecule has 1 heterocycles. The highest BCUT2D eigenvalue weighted by molar-refractivity contribution is 7.92. The maximum Gasteiger partial charge on any atom is 0.318 e. The summed E-state index contributed by atoms with van der Waals surface area (Å²) in [6, 6.07) is 12.0. The predicted octanol–water partition coefficient (Wildman–Crippen LogP) is 2.91. The number of Topliss-reactive ketones (excluding diaryl/α,β-unsaturated/α-hetero) is 1. The number of ketones is 1. The van der Waals surface area contributed by atoms with Gasteiger partial charge in [0, 0.05) is 10.6 Å². The topological polar surface area (TPSA) is 80.8 Å². The second-order valence-electron chi connectivity index (χ2n) is 5.68. The second kappa shape index (κ2) is 7.09. The molecule has 3 rings (SSSR count). The first kappa shape index (κ1) is 18.4. The summed E-state index contributed by atoms with van der Waals surface area (Å²) in [6.07, 6.45) is 0. The maximum absolute atomic E-state index is 13.1. The van der Waals surface area contributed by atoms with Crippen molar-refractivity contribution in [3.8, 4) is 0 Å². The molecular weight excluding hydrogens is 378 g/mol. The number of para-hydroxylation sites is 1. The van der Waals surface area contributed by atoms with Crippen LogP contribution in [0.3, 0.4) is 0 Å². The van der Waals surface area contributed by atoms with E-state index in [1.165, 1.54) is 30.3 Å². The molecule has 0 fully saturated rings. The number of carbonyl (C=O) groups excluding carboxylic acids is 2. The number of nitrogens with zero attached hydrogens (tertiary/aromatic N) is 1. The van der Waals surface area contributed by atoms with Gasteiger partial charge in [-0.25, -0.2) is 8.42 Å². The van der Waals surface area contributed by atoms with E-state index >= 15 is 0 Å². The summed E-state index contributed by atoms with van der Waals surface area (Å²) in [4.78, 5) is 24.9.